The molecular formula is C9H7N5O4S. The molecule has 9 nitrogen and oxygen atoms in total. The third-order valence-electron chi connectivity index (χ3n) is 2.09. The molecule has 19 heavy (non-hydrogen) atoms. The summed E-state index contributed by atoms with van der Waals surface area (Å²) in [4.78, 5) is 36.4. The first kappa shape index (κ1) is 12.8. The predicted molar refractivity (Wildman–Crippen MR) is 66.2 cm³/mol. The van der Waals surface area contributed by atoms with E-state index < -0.39 is 10.8 Å². The van der Waals surface area contributed by atoms with E-state index in [0.29, 0.717) is 0 Å². The summed E-state index contributed by atoms with van der Waals surface area (Å²) in [7, 11) is 1.41. The second-order valence-corrected chi connectivity index (χ2v) is 4.40. The highest BCUT2D eigenvalue weighted by Crippen LogP contribution is 2.25. The maximum absolute atomic E-state index is 11.8. The van der Waals surface area contributed by atoms with Crippen LogP contribution in [0.25, 0.3) is 0 Å². The Labute approximate surface area is 109 Å². The van der Waals surface area contributed by atoms with Crippen molar-refractivity contribution in [3.05, 3.63) is 44.5 Å². The number of aryl methyl sites for hydroxylation is 1. The molecule has 0 radical (unpaired) electrons. The van der Waals surface area contributed by atoms with Gasteiger partial charge in [0.15, 0.2) is 5.13 Å². The van der Waals surface area contributed by atoms with Crippen LogP contribution in [0.3, 0.4) is 0 Å². The Balaban J connectivity index is 2.18. The second-order valence-electron chi connectivity index (χ2n) is 3.40. The normalized spacial score (nSPS) is 10.2. The lowest BCUT2D eigenvalue weighted by atomic mass is 10.4. The molecule has 0 unspecified atom stereocenters. The molecule has 0 aromatic carbocycles. The topological polar surface area (TPSA) is 120 Å². The number of nitrogens with one attached hydrogen (secondary N) is 1. The maximum Gasteiger partial charge on any atom is 0.345 e. The number of rotatable bonds is 3. The number of thiazole rings is 1. The van der Waals surface area contributed by atoms with E-state index in [2.05, 4.69) is 15.4 Å². The summed E-state index contributed by atoms with van der Waals surface area (Å²) in [6.07, 6.45) is 1.05. The summed E-state index contributed by atoms with van der Waals surface area (Å²) in [5, 5.41) is 16.5. The SMILES string of the molecule is Cn1nc(C(=O)Nc2ncc([N+](=O)[O-])s2)ccc1=O. The third-order valence-corrected chi connectivity index (χ3v) is 2.95. The standard InChI is InChI=1S/C9H7N5O4S/c1-13-6(15)3-2-5(12-13)8(16)11-9-10-4-7(19-9)14(17)18/h2-4H,1H3,(H,10,11,16). The minimum Gasteiger partial charge on any atom is -0.296 e. The molecule has 2 aromatic heterocycles. The van der Waals surface area contributed by atoms with Gasteiger partial charge in [0, 0.05) is 13.1 Å². The molecule has 2 heterocycles. The number of nitrogens with zero attached hydrogens (tertiary/aromatic N) is 4. The first-order chi connectivity index (χ1) is 8.97. The van der Waals surface area contributed by atoms with Crippen molar-refractivity contribution < 1.29 is 9.72 Å². The van der Waals surface area contributed by atoms with Gasteiger partial charge < -0.3 is 0 Å². The summed E-state index contributed by atoms with van der Waals surface area (Å²) >= 11 is 0.733. The fourth-order valence-electron chi connectivity index (χ4n) is 1.19. The second kappa shape index (κ2) is 4.94. The Kier molecular flexibility index (Phi) is 3.33. The van der Waals surface area contributed by atoms with Gasteiger partial charge in [0.1, 0.15) is 11.9 Å². The van der Waals surface area contributed by atoms with E-state index in [0.717, 1.165) is 22.2 Å². The molecule has 10 heteroatoms. The number of aromatic nitrogens is 3. The van der Waals surface area contributed by atoms with E-state index in [1.165, 1.54) is 19.2 Å². The maximum atomic E-state index is 11.8. The molecule has 0 fully saturated rings. The molecule has 0 aliphatic carbocycles. The predicted octanol–water partition coefficient (Wildman–Crippen LogP) is 0.397. The molecule has 0 spiro atoms. The number of anilines is 1. The lowest BCUT2D eigenvalue weighted by molar-refractivity contribution is -0.380. The van der Waals surface area contributed by atoms with Crippen molar-refractivity contribution in [3.8, 4) is 0 Å². The van der Waals surface area contributed by atoms with Gasteiger partial charge in [-0.15, -0.1) is 0 Å². The van der Waals surface area contributed by atoms with Crippen molar-refractivity contribution in [2.45, 2.75) is 0 Å². The molecule has 2 aromatic rings. The molecular weight excluding hydrogens is 274 g/mol. The fraction of sp³-hybridized carbons (Fsp3) is 0.111. The van der Waals surface area contributed by atoms with Crippen LogP contribution in [-0.2, 0) is 7.05 Å². The minimum absolute atomic E-state index is 0.0138. The fourth-order valence-corrected chi connectivity index (χ4v) is 1.82. The van der Waals surface area contributed by atoms with Crippen molar-refractivity contribution in [3.63, 3.8) is 0 Å². The lowest BCUT2D eigenvalue weighted by Crippen LogP contribution is -2.23. The first-order valence-electron chi connectivity index (χ1n) is 4.93. The van der Waals surface area contributed by atoms with Crippen LogP contribution in [0.15, 0.2) is 23.1 Å². The van der Waals surface area contributed by atoms with Crippen LogP contribution in [0, 0.1) is 10.1 Å². The van der Waals surface area contributed by atoms with E-state index >= 15 is 0 Å². The summed E-state index contributed by atoms with van der Waals surface area (Å²) in [6.45, 7) is 0. The Bertz CT molecular complexity index is 707. The quantitative estimate of drug-likeness (QED) is 0.642. The van der Waals surface area contributed by atoms with Gasteiger partial charge in [-0.2, -0.15) is 5.10 Å². The molecule has 0 bridgehead atoms. The zero-order valence-electron chi connectivity index (χ0n) is 9.56. The highest BCUT2D eigenvalue weighted by Gasteiger charge is 2.15. The van der Waals surface area contributed by atoms with Gasteiger partial charge in [-0.25, -0.2) is 9.67 Å². The molecule has 0 saturated heterocycles. The Hall–Kier alpha value is -2.62. The van der Waals surface area contributed by atoms with Gasteiger partial charge in [0.05, 0.1) is 4.92 Å². The van der Waals surface area contributed by atoms with Gasteiger partial charge in [-0.05, 0) is 17.4 Å². The molecule has 1 N–H and O–H groups in total. The number of hydrogen-bond donors (Lipinski definition) is 1. The van der Waals surface area contributed by atoms with E-state index in [9.17, 15) is 19.7 Å². The number of amides is 1. The van der Waals surface area contributed by atoms with Crippen LogP contribution in [0.5, 0.6) is 0 Å². The largest absolute Gasteiger partial charge is 0.345 e. The molecule has 98 valence electrons. The zero-order valence-corrected chi connectivity index (χ0v) is 10.4. The van der Waals surface area contributed by atoms with Gasteiger partial charge in [-0.1, -0.05) is 0 Å². The molecule has 2 rings (SSSR count). The van der Waals surface area contributed by atoms with Gasteiger partial charge in [-0.3, -0.25) is 25.0 Å². The van der Waals surface area contributed by atoms with Gasteiger partial charge >= 0.3 is 5.00 Å². The zero-order chi connectivity index (χ0) is 14.0. The average molecular weight is 281 g/mol. The van der Waals surface area contributed by atoms with E-state index in [1.807, 2.05) is 0 Å². The van der Waals surface area contributed by atoms with E-state index in [1.54, 1.807) is 0 Å². The van der Waals surface area contributed by atoms with Crippen molar-refractivity contribution in [2.75, 3.05) is 5.32 Å². The minimum atomic E-state index is -0.599. The van der Waals surface area contributed by atoms with Crippen molar-refractivity contribution in [1.29, 1.82) is 0 Å². The third kappa shape index (κ3) is 2.80. The van der Waals surface area contributed by atoms with Crippen LogP contribution < -0.4 is 10.9 Å². The van der Waals surface area contributed by atoms with Crippen LogP contribution in [-0.4, -0.2) is 25.6 Å². The number of hydrogen-bond acceptors (Lipinski definition) is 7. The lowest BCUT2D eigenvalue weighted by Gasteiger charge is -2.01. The Morgan fingerprint density at radius 2 is 2.26 bits per heavy atom. The first-order valence-corrected chi connectivity index (χ1v) is 5.75. The number of nitro groups is 1. The van der Waals surface area contributed by atoms with Crippen LogP contribution in [0.1, 0.15) is 10.5 Å². The van der Waals surface area contributed by atoms with Crippen molar-refractivity contribution in [2.24, 2.45) is 7.05 Å². The van der Waals surface area contributed by atoms with Crippen molar-refractivity contribution in [1.82, 2.24) is 14.8 Å². The van der Waals surface area contributed by atoms with Gasteiger partial charge in [0.25, 0.3) is 11.5 Å². The summed E-state index contributed by atoms with van der Waals surface area (Å²) in [6, 6.07) is 2.46. The summed E-state index contributed by atoms with van der Waals surface area (Å²) < 4.78 is 1.01. The summed E-state index contributed by atoms with van der Waals surface area (Å²) in [5.74, 6) is -0.597. The monoisotopic (exact) mass is 281 g/mol. The van der Waals surface area contributed by atoms with Crippen molar-refractivity contribution >= 4 is 27.4 Å². The van der Waals surface area contributed by atoms with Gasteiger partial charge in [0.2, 0.25) is 0 Å². The molecule has 0 saturated carbocycles. The molecule has 0 atom stereocenters. The molecule has 0 aliphatic rings. The Morgan fingerprint density at radius 1 is 1.53 bits per heavy atom. The van der Waals surface area contributed by atoms with Crippen LogP contribution in [0.2, 0.25) is 0 Å². The van der Waals surface area contributed by atoms with Crippen LogP contribution >= 0.6 is 11.3 Å². The van der Waals surface area contributed by atoms with Crippen LogP contribution in [0.4, 0.5) is 10.1 Å². The van der Waals surface area contributed by atoms with E-state index in [4.69, 9.17) is 0 Å². The molecule has 0 aliphatic heterocycles. The highest BCUT2D eigenvalue weighted by molar-refractivity contribution is 7.18. The highest BCUT2D eigenvalue weighted by atomic mass is 32.1. The smallest absolute Gasteiger partial charge is 0.296 e. The summed E-state index contributed by atoms with van der Waals surface area (Å²) in [5.41, 5.74) is -0.332. The molecule has 1 amide bonds. The number of carbonyl (C=O) groups excluding carboxylic acids is 1. The average Bonchev–Trinajstić information content (AvgIpc) is 2.81. The van der Waals surface area contributed by atoms with E-state index in [-0.39, 0.29) is 21.4 Å². The number of carbonyl (C=O) groups is 1. The Morgan fingerprint density at radius 3 is 2.84 bits per heavy atom.